The molecule has 10 heteroatoms. The van der Waals surface area contributed by atoms with E-state index in [1.165, 1.54) is 19.1 Å². The highest BCUT2D eigenvalue weighted by atomic mass is 32.2. The summed E-state index contributed by atoms with van der Waals surface area (Å²) in [5.74, 6) is -1.53. The molecule has 3 amide bonds. The number of carbonyl (C=O) groups is 3. The number of carbonyl (C=O) groups excluding carboxylic acids is 3. The summed E-state index contributed by atoms with van der Waals surface area (Å²) < 4.78 is 27.8. The number of ether oxygens (including phenoxy) is 1. The summed E-state index contributed by atoms with van der Waals surface area (Å²) in [6, 6.07) is 3.23. The molecule has 0 spiro atoms. The maximum atomic E-state index is 12.2. The van der Waals surface area contributed by atoms with Crippen molar-refractivity contribution in [1.82, 2.24) is 10.2 Å². The number of esters is 1. The van der Waals surface area contributed by atoms with Gasteiger partial charge in [-0.3, -0.25) is 9.69 Å². The van der Waals surface area contributed by atoms with Gasteiger partial charge < -0.3 is 10.1 Å². The quantitative estimate of drug-likeness (QED) is 0.714. The number of hydrogen-bond acceptors (Lipinski definition) is 6. The molecular weight excluding hydrogens is 338 g/mol. The summed E-state index contributed by atoms with van der Waals surface area (Å²) in [5.41, 5.74) is 0.443. The molecule has 0 aliphatic carbocycles. The summed E-state index contributed by atoms with van der Waals surface area (Å²) in [5, 5.41) is 7.51. The number of amides is 3. The second-order valence-electron chi connectivity index (χ2n) is 5.29. The van der Waals surface area contributed by atoms with Crippen LogP contribution in [0.3, 0.4) is 0 Å². The molecule has 1 saturated heterocycles. The summed E-state index contributed by atoms with van der Waals surface area (Å²) in [7, 11) is -3.98. The first-order chi connectivity index (χ1) is 11.1. The van der Waals surface area contributed by atoms with Crippen LogP contribution in [0.15, 0.2) is 23.1 Å². The van der Waals surface area contributed by atoms with Crippen LogP contribution in [0.2, 0.25) is 0 Å². The predicted octanol–water partition coefficient (Wildman–Crippen LogP) is -0.260. The van der Waals surface area contributed by atoms with Crippen LogP contribution in [-0.2, 0) is 19.6 Å². The van der Waals surface area contributed by atoms with Crippen molar-refractivity contribution in [1.29, 1.82) is 0 Å². The van der Waals surface area contributed by atoms with Crippen molar-refractivity contribution in [3.05, 3.63) is 29.3 Å². The Morgan fingerprint density at radius 3 is 2.58 bits per heavy atom. The van der Waals surface area contributed by atoms with Crippen molar-refractivity contribution in [2.75, 3.05) is 13.1 Å². The molecule has 1 heterocycles. The number of hydrogen-bond donors (Lipinski definition) is 2. The Kier molecular flexibility index (Phi) is 4.90. The number of imide groups is 1. The predicted molar refractivity (Wildman–Crippen MR) is 82.5 cm³/mol. The van der Waals surface area contributed by atoms with Crippen molar-refractivity contribution < 1.29 is 27.5 Å². The fourth-order valence-electron chi connectivity index (χ4n) is 2.17. The largest absolute Gasteiger partial charge is 0.449 e. The topological polar surface area (TPSA) is 136 Å². The molecule has 0 aromatic heterocycles. The third-order valence-electron chi connectivity index (χ3n) is 3.51. The van der Waals surface area contributed by atoms with E-state index in [0.29, 0.717) is 12.1 Å². The SMILES string of the molecule is Cc1ccc(S(N)(=O)=O)cc1C(=O)OC(C)C(=O)N1CCNC1=O. The Bertz CT molecular complexity index is 805. The highest BCUT2D eigenvalue weighted by molar-refractivity contribution is 7.89. The molecule has 2 rings (SSSR count). The molecule has 24 heavy (non-hydrogen) atoms. The molecule has 1 unspecified atom stereocenters. The molecular formula is C14H17N3O6S. The van der Waals surface area contributed by atoms with Gasteiger partial charge >= 0.3 is 12.0 Å². The van der Waals surface area contributed by atoms with Crippen LogP contribution in [0, 0.1) is 6.92 Å². The normalized spacial score (nSPS) is 15.8. The van der Waals surface area contributed by atoms with Gasteiger partial charge in [0.15, 0.2) is 6.10 Å². The van der Waals surface area contributed by atoms with E-state index in [1.54, 1.807) is 6.92 Å². The zero-order chi connectivity index (χ0) is 18.1. The maximum absolute atomic E-state index is 12.2. The van der Waals surface area contributed by atoms with Gasteiger partial charge in [-0.15, -0.1) is 0 Å². The molecule has 1 atom stereocenters. The highest BCUT2D eigenvalue weighted by Crippen LogP contribution is 2.17. The van der Waals surface area contributed by atoms with E-state index in [0.717, 1.165) is 11.0 Å². The lowest BCUT2D eigenvalue weighted by atomic mass is 10.1. The second kappa shape index (κ2) is 6.57. The van der Waals surface area contributed by atoms with E-state index in [9.17, 15) is 22.8 Å². The average molecular weight is 355 g/mol. The third-order valence-corrected chi connectivity index (χ3v) is 4.42. The van der Waals surface area contributed by atoms with Gasteiger partial charge in [0.2, 0.25) is 10.0 Å². The van der Waals surface area contributed by atoms with Crippen molar-refractivity contribution in [2.45, 2.75) is 24.8 Å². The molecule has 1 aromatic rings. The number of nitrogens with zero attached hydrogens (tertiary/aromatic N) is 1. The van der Waals surface area contributed by atoms with Crippen LogP contribution >= 0.6 is 0 Å². The standard InChI is InChI=1S/C14H17N3O6S/c1-8-3-4-10(24(15,21)22)7-11(8)13(19)23-9(2)12(18)17-6-5-16-14(17)20/h3-4,7,9H,5-6H2,1-2H3,(H,16,20)(H2,15,21,22). The van der Waals surface area contributed by atoms with E-state index in [2.05, 4.69) is 5.32 Å². The lowest BCUT2D eigenvalue weighted by molar-refractivity contribution is -0.136. The highest BCUT2D eigenvalue weighted by Gasteiger charge is 2.32. The molecule has 130 valence electrons. The maximum Gasteiger partial charge on any atom is 0.339 e. The number of nitrogens with two attached hydrogens (primary N) is 1. The Labute approximate surface area is 138 Å². The van der Waals surface area contributed by atoms with Crippen LogP contribution in [-0.4, -0.2) is 50.4 Å². The van der Waals surface area contributed by atoms with E-state index in [4.69, 9.17) is 9.88 Å². The molecule has 0 radical (unpaired) electrons. The minimum Gasteiger partial charge on any atom is -0.449 e. The lowest BCUT2D eigenvalue weighted by Crippen LogP contribution is -2.41. The van der Waals surface area contributed by atoms with Gasteiger partial charge in [0, 0.05) is 13.1 Å². The number of nitrogens with one attached hydrogen (secondary N) is 1. The van der Waals surface area contributed by atoms with E-state index in [-0.39, 0.29) is 17.0 Å². The van der Waals surface area contributed by atoms with Gasteiger partial charge in [0.25, 0.3) is 5.91 Å². The first-order valence-corrected chi connectivity index (χ1v) is 8.59. The molecule has 1 aliphatic heterocycles. The number of aryl methyl sites for hydroxylation is 1. The number of primary sulfonamides is 1. The molecule has 9 nitrogen and oxygen atoms in total. The van der Waals surface area contributed by atoms with E-state index >= 15 is 0 Å². The minimum atomic E-state index is -3.98. The zero-order valence-corrected chi connectivity index (χ0v) is 13.9. The summed E-state index contributed by atoms with van der Waals surface area (Å²) in [4.78, 5) is 36.5. The van der Waals surface area contributed by atoms with Crippen molar-refractivity contribution >= 4 is 27.9 Å². The fourth-order valence-corrected chi connectivity index (χ4v) is 2.71. The molecule has 1 aliphatic rings. The summed E-state index contributed by atoms with van der Waals surface area (Å²) in [6.07, 6.45) is -1.20. The summed E-state index contributed by atoms with van der Waals surface area (Å²) >= 11 is 0. The molecule has 0 bridgehead atoms. The third kappa shape index (κ3) is 3.71. The molecule has 1 fully saturated rings. The van der Waals surface area contributed by atoms with Gasteiger partial charge in [-0.1, -0.05) is 6.07 Å². The zero-order valence-electron chi connectivity index (χ0n) is 13.1. The van der Waals surface area contributed by atoms with Gasteiger partial charge in [-0.2, -0.15) is 0 Å². The first-order valence-electron chi connectivity index (χ1n) is 7.05. The van der Waals surface area contributed by atoms with E-state index in [1.807, 2.05) is 0 Å². The van der Waals surface area contributed by atoms with E-state index < -0.39 is 34.0 Å². The molecule has 3 N–H and O–H groups in total. The monoisotopic (exact) mass is 355 g/mol. The van der Waals surface area contributed by atoms with Crippen molar-refractivity contribution in [3.8, 4) is 0 Å². The Balaban J connectivity index is 2.17. The van der Waals surface area contributed by atoms with Crippen LogP contribution < -0.4 is 10.5 Å². The number of urea groups is 1. The Morgan fingerprint density at radius 1 is 1.38 bits per heavy atom. The molecule has 0 saturated carbocycles. The fraction of sp³-hybridized carbons (Fsp3) is 0.357. The Hall–Kier alpha value is -2.46. The number of rotatable bonds is 4. The minimum absolute atomic E-state index is 0.0213. The van der Waals surface area contributed by atoms with Crippen LogP contribution in [0.1, 0.15) is 22.8 Å². The lowest BCUT2D eigenvalue weighted by Gasteiger charge is -2.18. The number of benzene rings is 1. The smallest absolute Gasteiger partial charge is 0.339 e. The Morgan fingerprint density at radius 2 is 2.04 bits per heavy atom. The average Bonchev–Trinajstić information content (AvgIpc) is 2.91. The van der Waals surface area contributed by atoms with Crippen LogP contribution in [0.25, 0.3) is 0 Å². The van der Waals surface area contributed by atoms with Gasteiger partial charge in [-0.05, 0) is 31.5 Å². The molecule has 1 aromatic carbocycles. The van der Waals surface area contributed by atoms with Crippen molar-refractivity contribution in [3.63, 3.8) is 0 Å². The van der Waals surface area contributed by atoms with Crippen LogP contribution in [0.4, 0.5) is 4.79 Å². The second-order valence-corrected chi connectivity index (χ2v) is 6.85. The summed E-state index contributed by atoms with van der Waals surface area (Å²) in [6.45, 7) is 3.45. The van der Waals surface area contributed by atoms with Gasteiger partial charge in [0.1, 0.15) is 0 Å². The van der Waals surface area contributed by atoms with Crippen LogP contribution in [0.5, 0.6) is 0 Å². The van der Waals surface area contributed by atoms with Crippen molar-refractivity contribution in [2.24, 2.45) is 5.14 Å². The van der Waals surface area contributed by atoms with Gasteiger partial charge in [0.05, 0.1) is 10.5 Å². The van der Waals surface area contributed by atoms with Gasteiger partial charge in [-0.25, -0.2) is 23.1 Å². The first kappa shape index (κ1) is 17.9. The number of sulfonamides is 1.